The Morgan fingerprint density at radius 2 is 0.882 bits per heavy atom. The highest BCUT2D eigenvalue weighted by molar-refractivity contribution is 9.11. The number of halogens is 2. The van der Waals surface area contributed by atoms with Crippen molar-refractivity contribution in [2.75, 3.05) is 0 Å². The zero-order valence-corrected chi connectivity index (χ0v) is 25.7. The van der Waals surface area contributed by atoms with Crippen molar-refractivity contribution in [3.05, 3.63) is 55.1 Å². The second-order valence-corrected chi connectivity index (χ2v) is 14.2. The van der Waals surface area contributed by atoms with Gasteiger partial charge in [0.2, 0.25) is 0 Å². The predicted octanol–water partition coefficient (Wildman–Crippen LogP) is 12.5. The van der Waals surface area contributed by atoms with E-state index in [4.69, 9.17) is 0 Å². The lowest BCUT2D eigenvalue weighted by Gasteiger charge is -2.02. The number of hydrogen-bond acceptors (Lipinski definition) is 2. The van der Waals surface area contributed by atoms with E-state index in [1.807, 2.05) is 22.7 Å². The maximum absolute atomic E-state index is 3.82. The van der Waals surface area contributed by atoms with Gasteiger partial charge < -0.3 is 0 Å². The summed E-state index contributed by atoms with van der Waals surface area (Å²) in [6, 6.07) is 14.0. The number of rotatable bonds is 16. The van der Waals surface area contributed by atoms with Crippen molar-refractivity contribution < 1.29 is 0 Å². The second-order valence-electron chi connectivity index (χ2n) is 9.43. The molecule has 4 heteroatoms. The van der Waals surface area contributed by atoms with Gasteiger partial charge in [-0.25, -0.2) is 0 Å². The zero-order chi connectivity index (χ0) is 24.2. The molecule has 1 aromatic carbocycles. The highest BCUT2D eigenvalue weighted by Crippen LogP contribution is 2.39. The average Bonchev–Trinajstić information content (AvgIpc) is 3.40. The fourth-order valence-electron chi connectivity index (χ4n) is 4.43. The van der Waals surface area contributed by atoms with Crippen LogP contribution >= 0.6 is 54.5 Å². The van der Waals surface area contributed by atoms with Crippen LogP contribution in [-0.4, -0.2) is 0 Å². The molecule has 0 unspecified atom stereocenters. The Kier molecular flexibility index (Phi) is 13.0. The minimum atomic E-state index is 1.19. The fraction of sp³-hybridized carbons (Fsp3) is 0.533. The normalized spacial score (nSPS) is 11.4. The SMILES string of the molecule is CCCCCCCCc1cc(-c2ccc(-c3cc(CCCCCCCC)c(Br)s3)cc2)sc1Br. The number of unbranched alkanes of at least 4 members (excludes halogenated alkanes) is 10. The topological polar surface area (TPSA) is 0 Å². The molecule has 186 valence electrons. The van der Waals surface area contributed by atoms with Gasteiger partial charge in [0.15, 0.2) is 0 Å². The number of hydrogen-bond donors (Lipinski definition) is 0. The lowest BCUT2D eigenvalue weighted by atomic mass is 10.0. The molecule has 34 heavy (non-hydrogen) atoms. The molecule has 0 aliphatic heterocycles. The van der Waals surface area contributed by atoms with Crippen LogP contribution in [0.5, 0.6) is 0 Å². The Labute approximate surface area is 232 Å². The number of thiophene rings is 2. The van der Waals surface area contributed by atoms with E-state index < -0.39 is 0 Å². The van der Waals surface area contributed by atoms with Crippen LogP contribution in [0.1, 0.15) is 102 Å². The molecule has 0 fully saturated rings. The molecule has 0 bridgehead atoms. The maximum atomic E-state index is 3.82. The van der Waals surface area contributed by atoms with Gasteiger partial charge in [0.05, 0.1) is 7.57 Å². The van der Waals surface area contributed by atoms with Crippen LogP contribution in [0.4, 0.5) is 0 Å². The molecule has 2 aromatic heterocycles. The van der Waals surface area contributed by atoms with Gasteiger partial charge in [0.25, 0.3) is 0 Å². The van der Waals surface area contributed by atoms with Crippen LogP contribution < -0.4 is 0 Å². The molecule has 0 aliphatic carbocycles. The van der Waals surface area contributed by atoms with Crippen LogP contribution in [0.3, 0.4) is 0 Å². The summed E-state index contributed by atoms with van der Waals surface area (Å²) in [7, 11) is 0. The van der Waals surface area contributed by atoms with Crippen LogP contribution in [0.25, 0.3) is 20.9 Å². The van der Waals surface area contributed by atoms with Crippen molar-refractivity contribution in [3.63, 3.8) is 0 Å². The molecular weight excluding hydrogens is 584 g/mol. The summed E-state index contributed by atoms with van der Waals surface area (Å²) in [5, 5.41) is 0. The van der Waals surface area contributed by atoms with Gasteiger partial charge >= 0.3 is 0 Å². The summed E-state index contributed by atoms with van der Waals surface area (Å²) in [5.74, 6) is 0. The van der Waals surface area contributed by atoms with Crippen LogP contribution in [0.15, 0.2) is 44.0 Å². The van der Waals surface area contributed by atoms with E-state index in [0.717, 1.165) is 0 Å². The molecule has 0 saturated heterocycles. The third-order valence-electron chi connectivity index (χ3n) is 6.57. The largest absolute Gasteiger partial charge is 0.128 e. The van der Waals surface area contributed by atoms with Gasteiger partial charge in [-0.3, -0.25) is 0 Å². The Balaban J connectivity index is 1.54. The smallest absolute Gasteiger partial charge is 0.0737 e. The molecule has 0 spiro atoms. The molecule has 2 heterocycles. The first-order valence-electron chi connectivity index (χ1n) is 13.3. The number of benzene rings is 1. The molecule has 0 N–H and O–H groups in total. The van der Waals surface area contributed by atoms with Crippen molar-refractivity contribution in [3.8, 4) is 20.9 Å². The molecule has 3 aromatic rings. The fourth-order valence-corrected chi connectivity index (χ4v) is 7.98. The average molecular weight is 625 g/mol. The molecule has 0 saturated carbocycles. The summed E-state index contributed by atoms with van der Waals surface area (Å²) in [4.78, 5) is 2.74. The Hall–Kier alpha value is -0.420. The van der Waals surface area contributed by atoms with Gasteiger partial charge in [0, 0.05) is 9.75 Å². The molecule has 0 radical (unpaired) electrons. The number of aryl methyl sites for hydroxylation is 2. The lowest BCUT2D eigenvalue weighted by Crippen LogP contribution is -1.85. The lowest BCUT2D eigenvalue weighted by molar-refractivity contribution is 0.607. The van der Waals surface area contributed by atoms with E-state index in [2.05, 4.69) is 82.1 Å². The highest BCUT2D eigenvalue weighted by atomic mass is 79.9. The van der Waals surface area contributed by atoms with Gasteiger partial charge in [0.1, 0.15) is 0 Å². The summed E-state index contributed by atoms with van der Waals surface area (Å²) in [5.41, 5.74) is 5.60. The minimum Gasteiger partial charge on any atom is -0.128 e. The van der Waals surface area contributed by atoms with Crippen molar-refractivity contribution in [1.29, 1.82) is 0 Å². The van der Waals surface area contributed by atoms with E-state index in [1.54, 1.807) is 0 Å². The van der Waals surface area contributed by atoms with Crippen LogP contribution in [0.2, 0.25) is 0 Å². The van der Waals surface area contributed by atoms with Gasteiger partial charge in [-0.1, -0.05) is 102 Å². The molecular formula is C30H40Br2S2. The van der Waals surface area contributed by atoms with E-state index in [-0.39, 0.29) is 0 Å². The first-order chi connectivity index (χ1) is 16.6. The standard InChI is InChI=1S/C30H40Br2S2/c1-3-5-7-9-11-13-15-25-21-27(33-29(25)31)23-17-19-24(20-18-23)28-22-26(30(32)34-28)16-14-12-10-8-6-4-2/h17-22H,3-16H2,1-2H3. The minimum absolute atomic E-state index is 1.19. The van der Waals surface area contributed by atoms with Crippen LogP contribution in [0, 0.1) is 0 Å². The summed E-state index contributed by atoms with van der Waals surface area (Å²) in [6.07, 6.45) is 18.6. The summed E-state index contributed by atoms with van der Waals surface area (Å²) < 4.78 is 2.61. The van der Waals surface area contributed by atoms with E-state index >= 15 is 0 Å². The summed E-state index contributed by atoms with van der Waals surface area (Å²) in [6.45, 7) is 4.56. The Bertz CT molecular complexity index is 889. The predicted molar refractivity (Wildman–Crippen MR) is 163 cm³/mol. The first-order valence-corrected chi connectivity index (χ1v) is 16.5. The van der Waals surface area contributed by atoms with Crippen molar-refractivity contribution in [2.24, 2.45) is 0 Å². The van der Waals surface area contributed by atoms with Gasteiger partial charge in [-0.15, -0.1) is 22.7 Å². The van der Waals surface area contributed by atoms with Crippen molar-refractivity contribution in [1.82, 2.24) is 0 Å². The molecule has 0 nitrogen and oxygen atoms in total. The summed E-state index contributed by atoms with van der Waals surface area (Å²) >= 11 is 11.4. The monoisotopic (exact) mass is 622 g/mol. The van der Waals surface area contributed by atoms with E-state index in [1.165, 1.54) is 129 Å². The molecule has 0 amide bonds. The van der Waals surface area contributed by atoms with E-state index in [0.29, 0.717) is 0 Å². The van der Waals surface area contributed by atoms with Crippen molar-refractivity contribution in [2.45, 2.75) is 104 Å². The molecule has 0 atom stereocenters. The highest BCUT2D eigenvalue weighted by Gasteiger charge is 2.11. The Morgan fingerprint density at radius 1 is 0.529 bits per heavy atom. The second kappa shape index (κ2) is 15.6. The van der Waals surface area contributed by atoms with Crippen LogP contribution in [-0.2, 0) is 12.8 Å². The van der Waals surface area contributed by atoms with Gasteiger partial charge in [-0.2, -0.15) is 0 Å². The first kappa shape index (κ1) is 28.2. The third-order valence-corrected chi connectivity index (χ3v) is 10.6. The maximum Gasteiger partial charge on any atom is 0.0737 e. The third kappa shape index (κ3) is 8.91. The Morgan fingerprint density at radius 3 is 1.26 bits per heavy atom. The zero-order valence-electron chi connectivity index (χ0n) is 20.9. The van der Waals surface area contributed by atoms with Crippen molar-refractivity contribution >= 4 is 54.5 Å². The molecule has 0 aliphatic rings. The van der Waals surface area contributed by atoms with E-state index in [9.17, 15) is 0 Å². The molecule has 3 rings (SSSR count). The van der Waals surface area contributed by atoms with Gasteiger partial charge in [-0.05, 0) is 91.9 Å². The quantitative estimate of drug-likeness (QED) is 0.139.